The van der Waals surface area contributed by atoms with Crippen molar-refractivity contribution in [3.05, 3.63) is 35.4 Å². The van der Waals surface area contributed by atoms with Crippen molar-refractivity contribution >= 4 is 11.8 Å². The third kappa shape index (κ3) is 5.19. The molecule has 0 bridgehead atoms. The van der Waals surface area contributed by atoms with Crippen molar-refractivity contribution in [3.63, 3.8) is 0 Å². The summed E-state index contributed by atoms with van der Waals surface area (Å²) in [4.78, 5) is 25.6. The number of carbonyl (C=O) groups excluding carboxylic acids is 2. The van der Waals surface area contributed by atoms with Gasteiger partial charge in [-0.25, -0.2) is 0 Å². The number of amides is 2. The first-order chi connectivity index (χ1) is 11.8. The zero-order chi connectivity index (χ0) is 18.4. The Morgan fingerprint density at radius 2 is 1.88 bits per heavy atom. The van der Waals surface area contributed by atoms with Crippen LogP contribution in [-0.4, -0.2) is 43.5 Å². The molecule has 0 radical (unpaired) electrons. The molecular formula is C17H21F3N2O3. The van der Waals surface area contributed by atoms with Gasteiger partial charge in [-0.1, -0.05) is 18.2 Å². The van der Waals surface area contributed by atoms with E-state index in [9.17, 15) is 22.8 Å². The minimum absolute atomic E-state index is 0.00505. The van der Waals surface area contributed by atoms with Gasteiger partial charge in [0, 0.05) is 32.7 Å². The van der Waals surface area contributed by atoms with E-state index in [2.05, 4.69) is 5.32 Å². The molecule has 0 aromatic heterocycles. The molecule has 0 spiro atoms. The molecule has 1 fully saturated rings. The summed E-state index contributed by atoms with van der Waals surface area (Å²) >= 11 is 0. The highest BCUT2D eigenvalue weighted by atomic mass is 19.4. The number of carbonyl (C=O) groups is 2. The molecule has 1 aromatic rings. The summed E-state index contributed by atoms with van der Waals surface area (Å²) < 4.78 is 43.6. The van der Waals surface area contributed by atoms with E-state index in [1.54, 1.807) is 4.90 Å². The molecule has 0 atom stereocenters. The minimum atomic E-state index is -4.45. The highest BCUT2D eigenvalue weighted by Gasteiger charge is 2.33. The second kappa shape index (κ2) is 8.33. The van der Waals surface area contributed by atoms with E-state index in [1.165, 1.54) is 25.3 Å². The number of benzene rings is 1. The van der Waals surface area contributed by atoms with E-state index in [-0.39, 0.29) is 36.4 Å². The maximum absolute atomic E-state index is 12.9. The Morgan fingerprint density at radius 1 is 1.24 bits per heavy atom. The monoisotopic (exact) mass is 358 g/mol. The highest BCUT2D eigenvalue weighted by molar-refractivity contribution is 5.80. The molecule has 1 N–H and O–H groups in total. The molecule has 2 amide bonds. The molecular weight excluding hydrogens is 337 g/mol. The Morgan fingerprint density at radius 3 is 2.48 bits per heavy atom. The number of ether oxygens (including phenoxy) is 1. The number of hydrogen-bond acceptors (Lipinski definition) is 3. The molecule has 1 heterocycles. The standard InChI is InChI=1S/C17H21F3N2O3/c1-25-11-15(23)22-8-6-12(7-9-22)16(24)21-10-13-4-2-3-5-14(13)17(18,19)20/h2-5,12H,6-11H2,1H3,(H,21,24). The first kappa shape index (κ1) is 19.2. The van der Waals surface area contributed by atoms with Crippen LogP contribution in [0.15, 0.2) is 24.3 Å². The maximum atomic E-state index is 12.9. The van der Waals surface area contributed by atoms with Crippen LogP contribution >= 0.6 is 0 Å². The number of halogens is 3. The number of nitrogens with one attached hydrogen (secondary N) is 1. The van der Waals surface area contributed by atoms with E-state index in [0.29, 0.717) is 25.9 Å². The average Bonchev–Trinajstić information content (AvgIpc) is 2.59. The molecule has 0 unspecified atom stereocenters. The van der Waals surface area contributed by atoms with Crippen molar-refractivity contribution in [3.8, 4) is 0 Å². The van der Waals surface area contributed by atoms with Gasteiger partial charge < -0.3 is 15.0 Å². The number of hydrogen-bond donors (Lipinski definition) is 1. The third-order valence-corrected chi connectivity index (χ3v) is 4.26. The number of alkyl halides is 3. The predicted molar refractivity (Wildman–Crippen MR) is 84.5 cm³/mol. The van der Waals surface area contributed by atoms with Crippen LogP contribution < -0.4 is 5.32 Å². The molecule has 0 aliphatic carbocycles. The lowest BCUT2D eigenvalue weighted by atomic mass is 9.95. The predicted octanol–water partition coefficient (Wildman–Crippen LogP) is 2.21. The SMILES string of the molecule is COCC(=O)N1CCC(C(=O)NCc2ccccc2C(F)(F)F)CC1. The van der Waals surface area contributed by atoms with E-state index in [0.717, 1.165) is 6.07 Å². The fraction of sp³-hybridized carbons (Fsp3) is 0.529. The van der Waals surface area contributed by atoms with Gasteiger partial charge >= 0.3 is 6.18 Å². The van der Waals surface area contributed by atoms with Gasteiger partial charge in [-0.05, 0) is 24.5 Å². The van der Waals surface area contributed by atoms with Crippen LogP contribution in [0.2, 0.25) is 0 Å². The van der Waals surface area contributed by atoms with Gasteiger partial charge in [0.05, 0.1) is 5.56 Å². The average molecular weight is 358 g/mol. The topological polar surface area (TPSA) is 58.6 Å². The minimum Gasteiger partial charge on any atom is -0.375 e. The zero-order valence-corrected chi connectivity index (χ0v) is 13.9. The van der Waals surface area contributed by atoms with Crippen LogP contribution in [0.25, 0.3) is 0 Å². The Bertz CT molecular complexity index is 611. The zero-order valence-electron chi connectivity index (χ0n) is 13.9. The van der Waals surface area contributed by atoms with Crippen molar-refractivity contribution in [2.24, 2.45) is 5.92 Å². The van der Waals surface area contributed by atoms with Crippen molar-refractivity contribution in [1.82, 2.24) is 10.2 Å². The molecule has 1 aliphatic heterocycles. The van der Waals surface area contributed by atoms with Gasteiger partial charge in [0.2, 0.25) is 11.8 Å². The third-order valence-electron chi connectivity index (χ3n) is 4.26. The van der Waals surface area contributed by atoms with Crippen molar-refractivity contribution in [2.45, 2.75) is 25.6 Å². The van der Waals surface area contributed by atoms with Gasteiger partial charge in [0.15, 0.2) is 0 Å². The fourth-order valence-corrected chi connectivity index (χ4v) is 2.88. The van der Waals surface area contributed by atoms with Crippen molar-refractivity contribution < 1.29 is 27.5 Å². The van der Waals surface area contributed by atoms with Gasteiger partial charge in [-0.2, -0.15) is 13.2 Å². The van der Waals surface area contributed by atoms with E-state index < -0.39 is 11.7 Å². The molecule has 1 aromatic carbocycles. The molecule has 1 saturated heterocycles. The summed E-state index contributed by atoms with van der Waals surface area (Å²) in [5.74, 6) is -0.707. The number of rotatable bonds is 5. The van der Waals surface area contributed by atoms with Gasteiger partial charge in [-0.15, -0.1) is 0 Å². The molecule has 25 heavy (non-hydrogen) atoms. The Kier molecular flexibility index (Phi) is 6.41. The van der Waals surface area contributed by atoms with E-state index >= 15 is 0 Å². The van der Waals surface area contributed by atoms with E-state index in [4.69, 9.17) is 4.74 Å². The molecule has 138 valence electrons. The molecule has 8 heteroatoms. The lowest BCUT2D eigenvalue weighted by Gasteiger charge is -2.31. The fourth-order valence-electron chi connectivity index (χ4n) is 2.88. The summed E-state index contributed by atoms with van der Waals surface area (Å²) in [5, 5.41) is 2.58. The van der Waals surface area contributed by atoms with Crippen LogP contribution in [0, 0.1) is 5.92 Å². The summed E-state index contributed by atoms with van der Waals surface area (Å²) in [7, 11) is 1.44. The second-order valence-corrected chi connectivity index (χ2v) is 5.96. The Labute approximate surface area is 144 Å². The number of piperidine rings is 1. The number of likely N-dealkylation sites (tertiary alicyclic amines) is 1. The lowest BCUT2D eigenvalue weighted by molar-refractivity contribution is -0.139. The van der Waals surface area contributed by atoms with Crippen LogP contribution in [0.5, 0.6) is 0 Å². The van der Waals surface area contributed by atoms with Crippen LogP contribution in [0.3, 0.4) is 0 Å². The van der Waals surface area contributed by atoms with Crippen molar-refractivity contribution in [1.29, 1.82) is 0 Å². The summed E-state index contributed by atoms with van der Waals surface area (Å²) in [6, 6.07) is 5.19. The Balaban J connectivity index is 1.87. The quantitative estimate of drug-likeness (QED) is 0.878. The molecule has 5 nitrogen and oxygen atoms in total. The van der Waals surface area contributed by atoms with Crippen LogP contribution in [-0.2, 0) is 27.0 Å². The highest BCUT2D eigenvalue weighted by Crippen LogP contribution is 2.31. The van der Waals surface area contributed by atoms with Crippen LogP contribution in [0.4, 0.5) is 13.2 Å². The Hall–Kier alpha value is -2.09. The number of nitrogens with zero attached hydrogens (tertiary/aromatic N) is 1. The summed E-state index contributed by atoms with van der Waals surface area (Å²) in [6.07, 6.45) is -3.47. The smallest absolute Gasteiger partial charge is 0.375 e. The summed E-state index contributed by atoms with van der Waals surface area (Å²) in [6.45, 7) is 0.723. The van der Waals surface area contributed by atoms with Gasteiger partial charge in [0.1, 0.15) is 6.61 Å². The van der Waals surface area contributed by atoms with Crippen molar-refractivity contribution in [2.75, 3.05) is 26.8 Å². The normalized spacial score (nSPS) is 15.9. The van der Waals surface area contributed by atoms with Gasteiger partial charge in [0.25, 0.3) is 0 Å². The number of methoxy groups -OCH3 is 1. The molecule has 1 aliphatic rings. The maximum Gasteiger partial charge on any atom is 0.416 e. The first-order valence-electron chi connectivity index (χ1n) is 8.02. The summed E-state index contributed by atoms with van der Waals surface area (Å²) in [5.41, 5.74) is -0.702. The lowest BCUT2D eigenvalue weighted by Crippen LogP contribution is -2.44. The van der Waals surface area contributed by atoms with Crippen LogP contribution in [0.1, 0.15) is 24.0 Å². The molecule has 2 rings (SSSR count). The first-order valence-corrected chi connectivity index (χ1v) is 8.02. The molecule has 0 saturated carbocycles. The largest absolute Gasteiger partial charge is 0.416 e. The van der Waals surface area contributed by atoms with Gasteiger partial charge in [-0.3, -0.25) is 9.59 Å². The second-order valence-electron chi connectivity index (χ2n) is 5.96. The van der Waals surface area contributed by atoms with E-state index in [1.807, 2.05) is 0 Å².